The van der Waals surface area contributed by atoms with E-state index in [1.165, 1.54) is 12.8 Å². The molecule has 0 aromatic carbocycles. The number of amides is 1. The summed E-state index contributed by atoms with van der Waals surface area (Å²) in [6.45, 7) is 11.5. The molecule has 0 bridgehead atoms. The zero-order chi connectivity index (χ0) is 14.0. The third kappa shape index (κ3) is 7.00. The molecule has 0 heterocycles. The Balaban J connectivity index is 3.91. The average Bonchev–Trinajstić information content (AvgIpc) is 2.35. The molecule has 0 aromatic rings. The normalized spacial score (nSPS) is 14.6. The van der Waals surface area contributed by atoms with Crippen LogP contribution in [0.15, 0.2) is 0 Å². The maximum absolute atomic E-state index is 11.9. The van der Waals surface area contributed by atoms with Crippen molar-refractivity contribution in [3.05, 3.63) is 0 Å². The van der Waals surface area contributed by atoms with Crippen LogP contribution in [0.25, 0.3) is 0 Å². The Kier molecular flexibility index (Phi) is 10.0. The lowest BCUT2D eigenvalue weighted by Crippen LogP contribution is -2.48. The molecule has 108 valence electrons. The molecule has 0 fully saturated rings. The Morgan fingerprint density at radius 2 is 1.67 bits per heavy atom. The van der Waals surface area contributed by atoms with Crippen LogP contribution in [0.2, 0.25) is 0 Å². The van der Waals surface area contributed by atoms with Gasteiger partial charge in [-0.05, 0) is 26.2 Å². The lowest BCUT2D eigenvalue weighted by molar-refractivity contribution is -0.123. The van der Waals surface area contributed by atoms with Crippen LogP contribution in [0.5, 0.6) is 0 Å². The Hall–Kier alpha value is -0.570. The summed E-state index contributed by atoms with van der Waals surface area (Å²) in [6.07, 6.45) is 5.78. The second-order valence-electron chi connectivity index (χ2n) is 5.25. The van der Waals surface area contributed by atoms with Gasteiger partial charge in [0, 0.05) is 12.6 Å². The number of hydrogen-bond acceptors (Lipinski definition) is 2. The van der Waals surface area contributed by atoms with Gasteiger partial charge in [-0.25, -0.2) is 0 Å². The van der Waals surface area contributed by atoms with E-state index in [-0.39, 0.29) is 11.9 Å². The Morgan fingerprint density at radius 1 is 1.06 bits per heavy atom. The molecular weight excluding hydrogens is 224 g/mol. The van der Waals surface area contributed by atoms with E-state index in [1.54, 1.807) is 0 Å². The number of unbranched alkanes of at least 4 members (excludes halogenated alkanes) is 2. The fourth-order valence-corrected chi connectivity index (χ4v) is 2.34. The number of carbonyl (C=O) groups excluding carboxylic acids is 1. The van der Waals surface area contributed by atoms with E-state index >= 15 is 0 Å². The fraction of sp³-hybridized carbons (Fsp3) is 0.933. The summed E-state index contributed by atoms with van der Waals surface area (Å²) < 4.78 is 0. The van der Waals surface area contributed by atoms with Gasteiger partial charge in [0.1, 0.15) is 0 Å². The standard InChI is InChI=1S/C15H32N2O/c1-6-9-10-11-16-15(18)13(5)17-12(4)14(7-2)8-3/h12-14,17H,6-11H2,1-5H3,(H,16,18). The zero-order valence-electron chi connectivity index (χ0n) is 12.9. The van der Waals surface area contributed by atoms with Crippen LogP contribution in [-0.4, -0.2) is 24.5 Å². The minimum Gasteiger partial charge on any atom is -0.355 e. The predicted molar refractivity (Wildman–Crippen MR) is 78.7 cm³/mol. The van der Waals surface area contributed by atoms with E-state index in [1.807, 2.05) is 6.92 Å². The molecule has 0 aromatic heterocycles. The predicted octanol–water partition coefficient (Wildman–Crippen LogP) is 3.10. The van der Waals surface area contributed by atoms with Crippen LogP contribution >= 0.6 is 0 Å². The van der Waals surface area contributed by atoms with Crippen LogP contribution in [0.3, 0.4) is 0 Å². The molecule has 0 saturated carbocycles. The molecule has 0 spiro atoms. The average molecular weight is 256 g/mol. The zero-order valence-corrected chi connectivity index (χ0v) is 12.9. The minimum absolute atomic E-state index is 0.0952. The van der Waals surface area contributed by atoms with E-state index in [4.69, 9.17) is 0 Å². The Morgan fingerprint density at radius 3 is 2.17 bits per heavy atom. The van der Waals surface area contributed by atoms with Crippen molar-refractivity contribution >= 4 is 5.91 Å². The van der Waals surface area contributed by atoms with Gasteiger partial charge in [0.2, 0.25) is 5.91 Å². The first-order valence-electron chi connectivity index (χ1n) is 7.60. The van der Waals surface area contributed by atoms with Gasteiger partial charge in [0.05, 0.1) is 6.04 Å². The van der Waals surface area contributed by atoms with Crippen LogP contribution in [0.4, 0.5) is 0 Å². The van der Waals surface area contributed by atoms with Crippen molar-refractivity contribution in [2.24, 2.45) is 5.92 Å². The van der Waals surface area contributed by atoms with Gasteiger partial charge < -0.3 is 10.6 Å². The summed E-state index contributed by atoms with van der Waals surface area (Å²) in [5.74, 6) is 0.782. The molecule has 3 nitrogen and oxygen atoms in total. The summed E-state index contributed by atoms with van der Waals surface area (Å²) >= 11 is 0. The molecule has 0 rings (SSSR count). The highest BCUT2D eigenvalue weighted by Gasteiger charge is 2.19. The number of carbonyl (C=O) groups is 1. The van der Waals surface area contributed by atoms with Gasteiger partial charge >= 0.3 is 0 Å². The summed E-state index contributed by atoms with van der Waals surface area (Å²) in [5, 5.41) is 6.41. The molecule has 0 aliphatic heterocycles. The van der Waals surface area contributed by atoms with Gasteiger partial charge in [-0.15, -0.1) is 0 Å². The van der Waals surface area contributed by atoms with Crippen LogP contribution in [0.1, 0.15) is 66.7 Å². The molecule has 0 saturated heterocycles. The Bertz CT molecular complexity index is 215. The van der Waals surface area contributed by atoms with Crippen molar-refractivity contribution in [2.45, 2.75) is 78.8 Å². The molecule has 0 aliphatic rings. The largest absolute Gasteiger partial charge is 0.355 e. The lowest BCUT2D eigenvalue weighted by Gasteiger charge is -2.25. The molecular formula is C15H32N2O. The molecule has 0 radical (unpaired) electrons. The van der Waals surface area contributed by atoms with Crippen LogP contribution < -0.4 is 10.6 Å². The second-order valence-corrected chi connectivity index (χ2v) is 5.25. The highest BCUT2D eigenvalue weighted by atomic mass is 16.2. The van der Waals surface area contributed by atoms with E-state index in [0.29, 0.717) is 12.0 Å². The van der Waals surface area contributed by atoms with Crippen molar-refractivity contribution in [3.63, 3.8) is 0 Å². The van der Waals surface area contributed by atoms with Gasteiger partial charge in [-0.3, -0.25) is 4.79 Å². The van der Waals surface area contributed by atoms with Crippen molar-refractivity contribution in [2.75, 3.05) is 6.54 Å². The molecule has 18 heavy (non-hydrogen) atoms. The van der Waals surface area contributed by atoms with Crippen molar-refractivity contribution in [3.8, 4) is 0 Å². The SMILES string of the molecule is CCCCCNC(=O)C(C)NC(C)C(CC)CC. The summed E-state index contributed by atoms with van der Waals surface area (Å²) in [6, 6.07) is 0.304. The monoisotopic (exact) mass is 256 g/mol. The van der Waals surface area contributed by atoms with Gasteiger partial charge in [-0.2, -0.15) is 0 Å². The fourth-order valence-electron chi connectivity index (χ4n) is 2.34. The molecule has 2 unspecified atom stereocenters. The first kappa shape index (κ1) is 17.4. The van der Waals surface area contributed by atoms with Crippen molar-refractivity contribution in [1.29, 1.82) is 0 Å². The van der Waals surface area contributed by atoms with Crippen molar-refractivity contribution < 1.29 is 4.79 Å². The third-order valence-corrected chi connectivity index (χ3v) is 3.74. The molecule has 0 aliphatic carbocycles. The smallest absolute Gasteiger partial charge is 0.236 e. The first-order chi connectivity index (χ1) is 8.56. The molecule has 3 heteroatoms. The number of nitrogens with one attached hydrogen (secondary N) is 2. The van der Waals surface area contributed by atoms with E-state index < -0.39 is 0 Å². The highest BCUT2D eigenvalue weighted by molar-refractivity contribution is 5.81. The van der Waals surface area contributed by atoms with Crippen LogP contribution in [0, 0.1) is 5.92 Å². The van der Waals surface area contributed by atoms with Gasteiger partial charge in [0.15, 0.2) is 0 Å². The topological polar surface area (TPSA) is 41.1 Å². The second kappa shape index (κ2) is 10.4. The van der Waals surface area contributed by atoms with Gasteiger partial charge in [0.25, 0.3) is 0 Å². The minimum atomic E-state index is -0.0952. The quantitative estimate of drug-likeness (QED) is 0.590. The van der Waals surface area contributed by atoms with E-state index in [9.17, 15) is 4.79 Å². The molecule has 1 amide bonds. The van der Waals surface area contributed by atoms with Gasteiger partial charge in [-0.1, -0.05) is 46.5 Å². The first-order valence-corrected chi connectivity index (χ1v) is 7.60. The lowest BCUT2D eigenvalue weighted by atomic mass is 9.95. The van der Waals surface area contributed by atoms with Crippen LogP contribution in [-0.2, 0) is 4.79 Å². The maximum Gasteiger partial charge on any atom is 0.236 e. The highest BCUT2D eigenvalue weighted by Crippen LogP contribution is 2.13. The molecule has 2 atom stereocenters. The van der Waals surface area contributed by atoms with E-state index in [2.05, 4.69) is 38.3 Å². The summed E-state index contributed by atoms with van der Waals surface area (Å²) in [7, 11) is 0. The summed E-state index contributed by atoms with van der Waals surface area (Å²) in [4.78, 5) is 11.9. The number of rotatable bonds is 10. The maximum atomic E-state index is 11.9. The summed E-state index contributed by atoms with van der Waals surface area (Å²) in [5.41, 5.74) is 0. The number of hydrogen-bond donors (Lipinski definition) is 2. The Labute approximate surface area is 113 Å². The molecule has 2 N–H and O–H groups in total. The van der Waals surface area contributed by atoms with E-state index in [0.717, 1.165) is 25.8 Å². The third-order valence-electron chi connectivity index (χ3n) is 3.74. The van der Waals surface area contributed by atoms with Crippen molar-refractivity contribution in [1.82, 2.24) is 10.6 Å².